The highest BCUT2D eigenvalue weighted by molar-refractivity contribution is 5.55. The van der Waals surface area contributed by atoms with Gasteiger partial charge in [0.2, 0.25) is 0 Å². The fourth-order valence-electron chi connectivity index (χ4n) is 1.37. The highest BCUT2D eigenvalue weighted by Crippen LogP contribution is 2.28. The van der Waals surface area contributed by atoms with E-state index in [0.717, 1.165) is 12.0 Å². The minimum Gasteiger partial charge on any atom is -0.398 e. The van der Waals surface area contributed by atoms with Crippen LogP contribution >= 0.6 is 0 Å². The lowest BCUT2D eigenvalue weighted by Gasteiger charge is -2.14. The molecule has 1 aromatic rings. The van der Waals surface area contributed by atoms with Crippen molar-refractivity contribution in [2.24, 2.45) is 0 Å². The zero-order chi connectivity index (χ0) is 10.0. The maximum Gasteiger partial charge on any atom is 0.128 e. The Morgan fingerprint density at radius 3 is 2.62 bits per heavy atom. The standard InChI is InChI=1S/C11H16FN/c1-4-7(2)9-5-6-10(12)8(3)11(9)13/h5-7H,4,13H2,1-3H3. The van der Waals surface area contributed by atoms with E-state index in [-0.39, 0.29) is 5.82 Å². The van der Waals surface area contributed by atoms with Gasteiger partial charge < -0.3 is 5.73 Å². The van der Waals surface area contributed by atoms with Gasteiger partial charge in [-0.3, -0.25) is 0 Å². The number of hydrogen-bond acceptors (Lipinski definition) is 1. The Hall–Kier alpha value is -1.05. The third-order valence-electron chi connectivity index (χ3n) is 2.63. The molecule has 0 aliphatic rings. The van der Waals surface area contributed by atoms with Crippen molar-refractivity contribution < 1.29 is 4.39 Å². The first-order valence-corrected chi connectivity index (χ1v) is 4.62. The van der Waals surface area contributed by atoms with Gasteiger partial charge in [-0.2, -0.15) is 0 Å². The molecule has 13 heavy (non-hydrogen) atoms. The van der Waals surface area contributed by atoms with Gasteiger partial charge in [-0.05, 0) is 30.9 Å². The lowest BCUT2D eigenvalue weighted by molar-refractivity contribution is 0.616. The summed E-state index contributed by atoms with van der Waals surface area (Å²) in [6, 6.07) is 3.28. The van der Waals surface area contributed by atoms with Crippen LogP contribution in [0.3, 0.4) is 0 Å². The first kappa shape index (κ1) is 10.0. The number of rotatable bonds is 2. The summed E-state index contributed by atoms with van der Waals surface area (Å²) in [4.78, 5) is 0. The summed E-state index contributed by atoms with van der Waals surface area (Å²) in [5, 5.41) is 0. The normalized spacial score (nSPS) is 12.9. The SMILES string of the molecule is CCC(C)c1ccc(F)c(C)c1N. The van der Waals surface area contributed by atoms with E-state index in [0.29, 0.717) is 17.2 Å². The topological polar surface area (TPSA) is 26.0 Å². The summed E-state index contributed by atoms with van der Waals surface area (Å²) in [6.45, 7) is 5.92. The molecule has 0 saturated heterocycles. The number of nitrogens with two attached hydrogens (primary N) is 1. The highest BCUT2D eigenvalue weighted by atomic mass is 19.1. The molecular formula is C11H16FN. The molecule has 0 aliphatic heterocycles. The van der Waals surface area contributed by atoms with E-state index in [2.05, 4.69) is 13.8 Å². The van der Waals surface area contributed by atoms with Crippen molar-refractivity contribution in [1.82, 2.24) is 0 Å². The Morgan fingerprint density at radius 2 is 2.08 bits per heavy atom. The average molecular weight is 181 g/mol. The first-order valence-electron chi connectivity index (χ1n) is 4.62. The van der Waals surface area contributed by atoms with Crippen LogP contribution in [0.2, 0.25) is 0 Å². The van der Waals surface area contributed by atoms with Gasteiger partial charge in [-0.15, -0.1) is 0 Å². The van der Waals surface area contributed by atoms with Crippen molar-refractivity contribution in [1.29, 1.82) is 0 Å². The second kappa shape index (κ2) is 3.77. The van der Waals surface area contributed by atoms with Gasteiger partial charge >= 0.3 is 0 Å². The van der Waals surface area contributed by atoms with E-state index in [4.69, 9.17) is 5.73 Å². The fraction of sp³-hybridized carbons (Fsp3) is 0.455. The van der Waals surface area contributed by atoms with Crippen molar-refractivity contribution in [3.8, 4) is 0 Å². The summed E-state index contributed by atoms with van der Waals surface area (Å²) < 4.78 is 13.0. The Morgan fingerprint density at radius 1 is 1.46 bits per heavy atom. The van der Waals surface area contributed by atoms with Crippen molar-refractivity contribution in [2.75, 3.05) is 5.73 Å². The summed E-state index contributed by atoms with van der Waals surface area (Å²) >= 11 is 0. The van der Waals surface area contributed by atoms with Crippen LogP contribution in [0.4, 0.5) is 10.1 Å². The van der Waals surface area contributed by atoms with Crippen LogP contribution in [-0.4, -0.2) is 0 Å². The third-order valence-corrected chi connectivity index (χ3v) is 2.63. The second-order valence-electron chi connectivity index (χ2n) is 3.48. The van der Waals surface area contributed by atoms with E-state index in [9.17, 15) is 4.39 Å². The number of halogens is 1. The van der Waals surface area contributed by atoms with Crippen molar-refractivity contribution in [3.05, 3.63) is 29.1 Å². The lowest BCUT2D eigenvalue weighted by Crippen LogP contribution is -2.02. The van der Waals surface area contributed by atoms with Crippen molar-refractivity contribution in [3.63, 3.8) is 0 Å². The monoisotopic (exact) mass is 181 g/mol. The largest absolute Gasteiger partial charge is 0.398 e. The Bertz CT molecular complexity index is 307. The van der Waals surface area contributed by atoms with E-state index in [1.54, 1.807) is 13.0 Å². The van der Waals surface area contributed by atoms with Gasteiger partial charge in [0.05, 0.1) is 0 Å². The van der Waals surface area contributed by atoms with Crippen LogP contribution in [0.15, 0.2) is 12.1 Å². The summed E-state index contributed by atoms with van der Waals surface area (Å²) in [6.07, 6.45) is 1.02. The molecular weight excluding hydrogens is 165 g/mol. The predicted molar refractivity (Wildman–Crippen MR) is 54.3 cm³/mol. The van der Waals surface area contributed by atoms with Gasteiger partial charge in [0.1, 0.15) is 5.82 Å². The Balaban J connectivity index is 3.18. The molecule has 0 aromatic heterocycles. The number of nitrogen functional groups attached to an aromatic ring is 1. The van der Waals surface area contributed by atoms with Crippen molar-refractivity contribution >= 4 is 5.69 Å². The zero-order valence-electron chi connectivity index (χ0n) is 8.39. The first-order chi connectivity index (χ1) is 6.07. The second-order valence-corrected chi connectivity index (χ2v) is 3.48. The van der Waals surface area contributed by atoms with Gasteiger partial charge in [0, 0.05) is 11.3 Å². The fourth-order valence-corrected chi connectivity index (χ4v) is 1.37. The molecule has 0 heterocycles. The molecule has 1 rings (SSSR count). The molecule has 0 fully saturated rings. The number of hydrogen-bond donors (Lipinski definition) is 1. The van der Waals surface area contributed by atoms with Gasteiger partial charge in [0.25, 0.3) is 0 Å². The molecule has 0 bridgehead atoms. The molecule has 0 spiro atoms. The molecule has 72 valence electrons. The lowest BCUT2D eigenvalue weighted by atomic mass is 9.95. The molecule has 1 nitrogen and oxygen atoms in total. The van der Waals surface area contributed by atoms with Gasteiger partial charge in [-0.1, -0.05) is 19.9 Å². The van der Waals surface area contributed by atoms with Crippen LogP contribution in [0.1, 0.15) is 37.3 Å². The molecule has 1 atom stereocenters. The molecule has 0 aliphatic carbocycles. The van der Waals surface area contributed by atoms with E-state index in [1.807, 2.05) is 0 Å². The predicted octanol–water partition coefficient (Wildman–Crippen LogP) is 3.23. The Kier molecular flexibility index (Phi) is 2.91. The van der Waals surface area contributed by atoms with Crippen LogP contribution in [0, 0.1) is 12.7 Å². The molecule has 2 heteroatoms. The van der Waals surface area contributed by atoms with Gasteiger partial charge in [-0.25, -0.2) is 4.39 Å². The average Bonchev–Trinajstić information content (AvgIpc) is 2.13. The van der Waals surface area contributed by atoms with E-state index in [1.165, 1.54) is 6.07 Å². The molecule has 1 unspecified atom stereocenters. The minimum atomic E-state index is -0.218. The number of anilines is 1. The van der Waals surface area contributed by atoms with E-state index < -0.39 is 0 Å². The molecule has 1 aromatic carbocycles. The molecule has 2 N–H and O–H groups in total. The van der Waals surface area contributed by atoms with Crippen LogP contribution in [-0.2, 0) is 0 Å². The van der Waals surface area contributed by atoms with Crippen LogP contribution in [0.25, 0.3) is 0 Å². The zero-order valence-corrected chi connectivity index (χ0v) is 8.39. The molecule has 0 radical (unpaired) electrons. The molecule has 0 amide bonds. The summed E-state index contributed by atoms with van der Waals surface area (Å²) in [7, 11) is 0. The smallest absolute Gasteiger partial charge is 0.128 e. The number of benzene rings is 1. The van der Waals surface area contributed by atoms with E-state index >= 15 is 0 Å². The maximum absolute atomic E-state index is 13.0. The quantitative estimate of drug-likeness (QED) is 0.696. The minimum absolute atomic E-state index is 0.218. The van der Waals surface area contributed by atoms with Crippen LogP contribution < -0.4 is 5.73 Å². The summed E-state index contributed by atoms with van der Waals surface area (Å²) in [5.41, 5.74) is 8.05. The Labute approximate surface area is 78.8 Å². The van der Waals surface area contributed by atoms with Crippen LogP contribution in [0.5, 0.6) is 0 Å². The highest BCUT2D eigenvalue weighted by Gasteiger charge is 2.10. The van der Waals surface area contributed by atoms with Gasteiger partial charge in [0.15, 0.2) is 0 Å². The van der Waals surface area contributed by atoms with Crippen molar-refractivity contribution in [2.45, 2.75) is 33.1 Å². The maximum atomic E-state index is 13.0. The summed E-state index contributed by atoms with van der Waals surface area (Å²) in [5.74, 6) is 0.184. The third kappa shape index (κ3) is 1.82. The molecule has 0 saturated carbocycles.